The number of amides is 1. The predicted octanol–water partition coefficient (Wildman–Crippen LogP) is 3.76. The van der Waals surface area contributed by atoms with Crippen LogP contribution >= 0.6 is 11.3 Å². The molecule has 5 nitrogen and oxygen atoms in total. The first-order valence-electron chi connectivity index (χ1n) is 8.87. The topological polar surface area (TPSA) is 53.5 Å². The Balaban J connectivity index is 1.45. The summed E-state index contributed by atoms with van der Waals surface area (Å²) in [6, 6.07) is 12.1. The van der Waals surface area contributed by atoms with Crippen molar-refractivity contribution in [2.24, 2.45) is 0 Å². The van der Waals surface area contributed by atoms with Gasteiger partial charge in [-0.3, -0.25) is 19.4 Å². The quantitative estimate of drug-likeness (QED) is 0.649. The Bertz CT molecular complexity index is 1050. The summed E-state index contributed by atoms with van der Waals surface area (Å²) in [7, 11) is 0. The van der Waals surface area contributed by atoms with Gasteiger partial charge in [-0.1, -0.05) is 12.1 Å². The zero-order valence-electron chi connectivity index (χ0n) is 14.4. The van der Waals surface area contributed by atoms with E-state index in [0.717, 1.165) is 40.7 Å². The normalized spacial score (nSPS) is 20.0. The minimum absolute atomic E-state index is 0.120. The molecule has 2 aromatic carbocycles. The van der Waals surface area contributed by atoms with Crippen LogP contribution in [0.1, 0.15) is 34.2 Å². The number of para-hydroxylation sites is 1. The second-order valence-electron chi connectivity index (χ2n) is 6.86. The summed E-state index contributed by atoms with van der Waals surface area (Å²) in [6.07, 6.45) is 1.97. The maximum atomic E-state index is 13.5. The number of thiazole rings is 1. The molecule has 2 aliphatic rings. The fourth-order valence-electron chi connectivity index (χ4n) is 3.90. The maximum absolute atomic E-state index is 13.5. The number of hydrogen-bond donors (Lipinski definition) is 0. The van der Waals surface area contributed by atoms with E-state index >= 15 is 0 Å². The van der Waals surface area contributed by atoms with Crippen LogP contribution in [0, 0.1) is 5.82 Å². The van der Waals surface area contributed by atoms with Crippen molar-refractivity contribution >= 4 is 38.9 Å². The summed E-state index contributed by atoms with van der Waals surface area (Å²) in [4.78, 5) is 33.1. The molecule has 7 heteroatoms. The zero-order chi connectivity index (χ0) is 18.5. The first-order chi connectivity index (χ1) is 13.1. The Morgan fingerprint density at radius 1 is 1.19 bits per heavy atom. The third kappa shape index (κ3) is 2.65. The first-order valence-corrected chi connectivity index (χ1v) is 9.69. The predicted molar refractivity (Wildman–Crippen MR) is 101 cm³/mol. The van der Waals surface area contributed by atoms with E-state index in [9.17, 15) is 14.0 Å². The van der Waals surface area contributed by atoms with Crippen molar-refractivity contribution in [3.63, 3.8) is 0 Å². The number of Topliss-reactive ketones (excluding diaryl/α,β-unsaturated/α-hetero) is 1. The lowest BCUT2D eigenvalue weighted by molar-refractivity contribution is -0.114. The highest BCUT2D eigenvalue weighted by Crippen LogP contribution is 2.38. The molecule has 2 aliphatic heterocycles. The molecule has 0 bridgehead atoms. The number of carbonyl (C=O) groups is 2. The van der Waals surface area contributed by atoms with Crippen molar-refractivity contribution in [2.75, 3.05) is 18.1 Å². The Morgan fingerprint density at radius 3 is 2.89 bits per heavy atom. The van der Waals surface area contributed by atoms with Crippen molar-refractivity contribution in [2.45, 2.75) is 18.9 Å². The molecule has 1 amide bonds. The molecular weight excluding hydrogens is 365 g/mol. The molecule has 0 radical (unpaired) electrons. The summed E-state index contributed by atoms with van der Waals surface area (Å²) in [6.45, 7) is 1.14. The Kier molecular flexibility index (Phi) is 3.80. The van der Waals surface area contributed by atoms with Crippen LogP contribution in [0.15, 0.2) is 42.5 Å². The van der Waals surface area contributed by atoms with Crippen molar-refractivity contribution in [1.82, 2.24) is 9.88 Å². The molecule has 1 saturated heterocycles. The molecule has 0 saturated carbocycles. The summed E-state index contributed by atoms with van der Waals surface area (Å²) >= 11 is 1.67. The lowest BCUT2D eigenvalue weighted by Crippen LogP contribution is -2.40. The number of halogens is 1. The molecule has 1 aromatic heterocycles. The highest BCUT2D eigenvalue weighted by atomic mass is 32.1. The van der Waals surface area contributed by atoms with Gasteiger partial charge in [0.05, 0.1) is 34.2 Å². The van der Waals surface area contributed by atoms with Crippen LogP contribution in [-0.4, -0.2) is 34.8 Å². The fourth-order valence-corrected chi connectivity index (χ4v) is 5.04. The molecule has 1 atom stereocenters. The largest absolute Gasteiger partial charge is 0.300 e. The Morgan fingerprint density at radius 2 is 2.04 bits per heavy atom. The lowest BCUT2D eigenvalue weighted by atomic mass is 10.1. The van der Waals surface area contributed by atoms with Gasteiger partial charge < -0.3 is 0 Å². The summed E-state index contributed by atoms with van der Waals surface area (Å²) in [5.74, 6) is -1.74. The minimum Gasteiger partial charge on any atom is -0.291 e. The van der Waals surface area contributed by atoms with Crippen LogP contribution in [0.3, 0.4) is 0 Å². The van der Waals surface area contributed by atoms with E-state index < -0.39 is 17.5 Å². The number of benzene rings is 2. The van der Waals surface area contributed by atoms with Crippen LogP contribution in [0.5, 0.6) is 0 Å². The third-order valence-electron chi connectivity index (χ3n) is 5.22. The number of carbonyl (C=O) groups excluding carboxylic acids is 2. The number of ketones is 1. The average Bonchev–Trinajstić information content (AvgIpc) is 3.35. The van der Waals surface area contributed by atoms with Crippen LogP contribution in [0.25, 0.3) is 10.2 Å². The molecule has 3 aromatic rings. The third-order valence-corrected chi connectivity index (χ3v) is 6.35. The van der Waals surface area contributed by atoms with Gasteiger partial charge in [-0.25, -0.2) is 9.37 Å². The smallest absolute Gasteiger partial charge is 0.291 e. The molecule has 0 aliphatic carbocycles. The van der Waals surface area contributed by atoms with Gasteiger partial charge in [0.1, 0.15) is 10.8 Å². The molecule has 0 spiro atoms. The van der Waals surface area contributed by atoms with Crippen LogP contribution in [0.2, 0.25) is 0 Å². The highest BCUT2D eigenvalue weighted by molar-refractivity contribution is 7.18. The zero-order valence-corrected chi connectivity index (χ0v) is 15.2. The second kappa shape index (κ2) is 6.21. The SMILES string of the molecule is O=C1C(=O)N(CN2CCC[C@@H]2c2nc3ccccc3s2)c2ccc(F)cc21. The van der Waals surface area contributed by atoms with Crippen molar-refractivity contribution in [3.8, 4) is 0 Å². The lowest BCUT2D eigenvalue weighted by Gasteiger charge is -2.28. The summed E-state index contributed by atoms with van der Waals surface area (Å²) in [5, 5.41) is 1.03. The van der Waals surface area contributed by atoms with Gasteiger partial charge in [-0.2, -0.15) is 0 Å². The van der Waals surface area contributed by atoms with E-state index in [0.29, 0.717) is 12.4 Å². The maximum Gasteiger partial charge on any atom is 0.300 e. The fraction of sp³-hybridized carbons (Fsp3) is 0.250. The van der Waals surface area contributed by atoms with Crippen LogP contribution in [0.4, 0.5) is 10.1 Å². The number of anilines is 1. The molecule has 27 heavy (non-hydrogen) atoms. The number of rotatable bonds is 3. The van der Waals surface area contributed by atoms with Crippen molar-refractivity contribution in [3.05, 3.63) is 58.9 Å². The van der Waals surface area contributed by atoms with Crippen LogP contribution < -0.4 is 4.90 Å². The minimum atomic E-state index is -0.639. The standard InChI is InChI=1S/C20H16FN3O2S/c21-12-7-8-15-13(10-12)18(25)20(26)24(15)11-23-9-3-5-16(23)19-22-14-4-1-2-6-17(14)27-19/h1-2,4,6-8,10,16H,3,5,9,11H2/t16-/m1/s1. The molecule has 136 valence electrons. The first kappa shape index (κ1) is 16.5. The summed E-state index contributed by atoms with van der Waals surface area (Å²) in [5.41, 5.74) is 1.62. The molecule has 1 fully saturated rings. The van der Waals surface area contributed by atoms with E-state index in [1.165, 1.54) is 17.0 Å². The van der Waals surface area contributed by atoms with E-state index in [1.54, 1.807) is 11.3 Å². The highest BCUT2D eigenvalue weighted by Gasteiger charge is 2.39. The summed E-state index contributed by atoms with van der Waals surface area (Å²) < 4.78 is 14.6. The molecule has 5 rings (SSSR count). The Hall–Kier alpha value is -2.64. The van der Waals surface area contributed by atoms with E-state index in [2.05, 4.69) is 11.0 Å². The second-order valence-corrected chi connectivity index (χ2v) is 7.92. The van der Waals surface area contributed by atoms with E-state index in [1.807, 2.05) is 18.2 Å². The van der Waals surface area contributed by atoms with Crippen molar-refractivity contribution < 1.29 is 14.0 Å². The Labute approximate surface area is 159 Å². The van der Waals surface area contributed by atoms with Gasteiger partial charge in [-0.15, -0.1) is 11.3 Å². The molecule has 3 heterocycles. The molecule has 0 N–H and O–H groups in total. The van der Waals surface area contributed by atoms with E-state index in [-0.39, 0.29) is 11.6 Å². The number of nitrogens with zero attached hydrogens (tertiary/aromatic N) is 3. The monoisotopic (exact) mass is 381 g/mol. The van der Waals surface area contributed by atoms with Gasteiger partial charge in [0, 0.05) is 6.54 Å². The molecular formula is C20H16FN3O2S. The van der Waals surface area contributed by atoms with E-state index in [4.69, 9.17) is 4.98 Å². The number of aromatic nitrogens is 1. The number of likely N-dealkylation sites (tertiary alicyclic amines) is 1. The molecule has 0 unspecified atom stereocenters. The number of fused-ring (bicyclic) bond motifs is 2. The van der Waals surface area contributed by atoms with Gasteiger partial charge in [0.15, 0.2) is 0 Å². The van der Waals surface area contributed by atoms with Gasteiger partial charge in [0.25, 0.3) is 5.78 Å². The average molecular weight is 381 g/mol. The van der Waals surface area contributed by atoms with Gasteiger partial charge >= 0.3 is 5.91 Å². The number of hydrogen-bond acceptors (Lipinski definition) is 5. The van der Waals surface area contributed by atoms with Gasteiger partial charge in [0.2, 0.25) is 0 Å². The van der Waals surface area contributed by atoms with Crippen LogP contribution in [-0.2, 0) is 4.79 Å². The van der Waals surface area contributed by atoms with Gasteiger partial charge in [-0.05, 0) is 43.2 Å². The van der Waals surface area contributed by atoms with Crippen molar-refractivity contribution in [1.29, 1.82) is 0 Å².